The van der Waals surface area contributed by atoms with E-state index in [9.17, 15) is 19.2 Å². The standard InChI is InChI=1S/C34H24Cl2N4O4/c35-21-15-11-19(12-16-21)27-25-29(33(43)37(31(25)41)23-7-3-1-4-8-23)39-28(20-13-17-22(36)18-14-20)26-30(40(27)39)34(44)38(32(26)42)24-9-5-2-6-10-24/h1-18,25-30H/t25-,26-,27+,28+,29-,30+/m0/s1. The number of fused-ring (bicyclic) bond motifs is 5. The summed E-state index contributed by atoms with van der Waals surface area (Å²) in [5, 5.41) is 4.70. The first-order chi connectivity index (χ1) is 21.4. The van der Waals surface area contributed by atoms with Crippen molar-refractivity contribution >= 4 is 58.2 Å². The Kier molecular flexibility index (Phi) is 6.25. The minimum absolute atomic E-state index is 0.358. The van der Waals surface area contributed by atoms with E-state index in [1.54, 1.807) is 72.8 Å². The predicted octanol–water partition coefficient (Wildman–Crippen LogP) is 5.44. The van der Waals surface area contributed by atoms with E-state index in [2.05, 4.69) is 0 Å². The highest BCUT2D eigenvalue weighted by Crippen LogP contribution is 2.59. The Morgan fingerprint density at radius 2 is 0.750 bits per heavy atom. The maximum Gasteiger partial charge on any atom is 0.253 e. The Hall–Kier alpha value is -4.34. The third-order valence-corrected chi connectivity index (χ3v) is 9.68. The first-order valence-corrected chi connectivity index (χ1v) is 15.1. The van der Waals surface area contributed by atoms with Gasteiger partial charge in [-0.05, 0) is 59.7 Å². The molecular weight excluding hydrogens is 599 g/mol. The van der Waals surface area contributed by atoms with Gasteiger partial charge in [0.15, 0.2) is 0 Å². The Morgan fingerprint density at radius 3 is 1.09 bits per heavy atom. The van der Waals surface area contributed by atoms with Crippen LogP contribution in [0, 0.1) is 11.8 Å². The summed E-state index contributed by atoms with van der Waals surface area (Å²) < 4.78 is 0. The van der Waals surface area contributed by atoms with Crippen LogP contribution in [0.5, 0.6) is 0 Å². The van der Waals surface area contributed by atoms with E-state index in [4.69, 9.17) is 23.2 Å². The zero-order valence-electron chi connectivity index (χ0n) is 23.0. The summed E-state index contributed by atoms with van der Waals surface area (Å²) in [7, 11) is 0. The summed E-state index contributed by atoms with van der Waals surface area (Å²) in [6.45, 7) is 0. The average molecular weight is 623 g/mol. The summed E-state index contributed by atoms with van der Waals surface area (Å²) in [6.07, 6.45) is 0. The molecule has 0 unspecified atom stereocenters. The fourth-order valence-corrected chi connectivity index (χ4v) is 7.73. The second-order valence-corrected chi connectivity index (χ2v) is 12.3. The predicted molar refractivity (Wildman–Crippen MR) is 164 cm³/mol. The van der Waals surface area contributed by atoms with Gasteiger partial charge in [-0.15, -0.1) is 0 Å². The van der Waals surface area contributed by atoms with Crippen molar-refractivity contribution < 1.29 is 19.2 Å². The van der Waals surface area contributed by atoms with Crippen molar-refractivity contribution in [2.45, 2.75) is 24.2 Å². The van der Waals surface area contributed by atoms with E-state index >= 15 is 0 Å². The number of hydrogen-bond donors (Lipinski definition) is 0. The lowest BCUT2D eigenvalue weighted by atomic mass is 9.84. The van der Waals surface area contributed by atoms with E-state index in [0.29, 0.717) is 21.4 Å². The summed E-state index contributed by atoms with van der Waals surface area (Å²) in [4.78, 5) is 59.9. The van der Waals surface area contributed by atoms with Crippen LogP contribution in [-0.4, -0.2) is 45.7 Å². The minimum atomic E-state index is -0.944. The number of hydrogen-bond acceptors (Lipinski definition) is 6. The third-order valence-electron chi connectivity index (χ3n) is 9.18. The quantitative estimate of drug-likeness (QED) is 0.282. The van der Waals surface area contributed by atoms with Gasteiger partial charge in [-0.25, -0.2) is 19.8 Å². The summed E-state index contributed by atoms with van der Waals surface area (Å²) in [5.41, 5.74) is 2.39. The first-order valence-electron chi connectivity index (χ1n) is 14.3. The number of imide groups is 2. The molecule has 4 amide bonds. The van der Waals surface area contributed by atoms with Gasteiger partial charge < -0.3 is 0 Å². The van der Waals surface area contributed by atoms with E-state index in [1.807, 2.05) is 46.4 Å². The zero-order valence-corrected chi connectivity index (χ0v) is 24.5. The molecule has 0 N–H and O–H groups in total. The SMILES string of the molecule is O=C1[C@@H]2[C@@H](C(=O)N1c1ccccc1)N1[C@H](c3ccc(Cl)cc3)[C@@H]3C(=O)N(c4ccccc4)C(=O)[C@@H]3N1[C@@H]2c1ccc(Cl)cc1. The van der Waals surface area contributed by atoms with Crippen LogP contribution in [0.15, 0.2) is 109 Å². The summed E-state index contributed by atoms with van der Waals surface area (Å²) >= 11 is 12.5. The van der Waals surface area contributed by atoms with Crippen molar-refractivity contribution in [3.05, 3.63) is 130 Å². The van der Waals surface area contributed by atoms with Crippen LogP contribution in [0.1, 0.15) is 23.2 Å². The molecular formula is C34H24Cl2N4O4. The lowest BCUT2D eigenvalue weighted by molar-refractivity contribution is -0.136. The van der Waals surface area contributed by atoms with Gasteiger partial charge in [0, 0.05) is 10.0 Å². The topological polar surface area (TPSA) is 81.2 Å². The molecule has 0 radical (unpaired) electrons. The number of hydrazine groups is 1. The van der Waals surface area contributed by atoms with Gasteiger partial charge in [-0.1, -0.05) is 83.9 Å². The number of anilines is 2. The molecule has 4 aromatic carbocycles. The number of carbonyl (C=O) groups is 4. The van der Waals surface area contributed by atoms with Crippen LogP contribution >= 0.6 is 23.2 Å². The van der Waals surface area contributed by atoms with Crippen LogP contribution in [0.3, 0.4) is 0 Å². The summed E-state index contributed by atoms with van der Waals surface area (Å²) in [6, 6.07) is 28.5. The Labute approximate surface area is 262 Å². The van der Waals surface area contributed by atoms with E-state index in [0.717, 1.165) is 11.1 Å². The molecule has 4 aromatic rings. The molecule has 0 spiro atoms. The van der Waals surface area contributed by atoms with Crippen LogP contribution in [-0.2, 0) is 19.2 Å². The van der Waals surface area contributed by atoms with Gasteiger partial charge in [0.25, 0.3) is 11.8 Å². The highest BCUT2D eigenvalue weighted by atomic mass is 35.5. The molecule has 0 aromatic heterocycles. The molecule has 4 aliphatic rings. The highest BCUT2D eigenvalue weighted by Gasteiger charge is 2.73. The van der Waals surface area contributed by atoms with Crippen LogP contribution in [0.2, 0.25) is 10.0 Å². The average Bonchev–Trinajstić information content (AvgIpc) is 3.70. The number of amides is 4. The first kappa shape index (κ1) is 27.2. The van der Waals surface area contributed by atoms with Crippen LogP contribution in [0.25, 0.3) is 0 Å². The number of rotatable bonds is 4. The number of benzene rings is 4. The van der Waals surface area contributed by atoms with Gasteiger partial charge >= 0.3 is 0 Å². The number of carbonyl (C=O) groups excluding carboxylic acids is 4. The van der Waals surface area contributed by atoms with Crippen molar-refractivity contribution in [2.75, 3.05) is 9.80 Å². The van der Waals surface area contributed by atoms with Crippen molar-refractivity contribution in [2.24, 2.45) is 11.8 Å². The Balaban J connectivity index is 1.34. The van der Waals surface area contributed by atoms with Gasteiger partial charge in [0.2, 0.25) is 11.8 Å². The van der Waals surface area contributed by atoms with Crippen molar-refractivity contribution in [1.82, 2.24) is 10.0 Å². The third kappa shape index (κ3) is 3.78. The number of nitrogens with zero attached hydrogens (tertiary/aromatic N) is 4. The molecule has 8 rings (SSSR count). The molecule has 8 nitrogen and oxygen atoms in total. The number of halogens is 2. The monoisotopic (exact) mass is 622 g/mol. The minimum Gasteiger partial charge on any atom is -0.274 e. The number of para-hydroxylation sites is 2. The fourth-order valence-electron chi connectivity index (χ4n) is 7.48. The molecule has 218 valence electrons. The largest absolute Gasteiger partial charge is 0.274 e. The van der Waals surface area contributed by atoms with Gasteiger partial charge in [-0.2, -0.15) is 0 Å². The Bertz CT molecular complexity index is 1690. The molecule has 4 heterocycles. The molecule has 4 aliphatic heterocycles. The second-order valence-electron chi connectivity index (χ2n) is 11.4. The van der Waals surface area contributed by atoms with Crippen molar-refractivity contribution in [3.63, 3.8) is 0 Å². The molecule has 4 fully saturated rings. The fraction of sp³-hybridized carbons (Fsp3) is 0.176. The van der Waals surface area contributed by atoms with E-state index < -0.39 is 47.8 Å². The molecule has 6 atom stereocenters. The molecule has 10 heteroatoms. The van der Waals surface area contributed by atoms with Crippen LogP contribution in [0.4, 0.5) is 11.4 Å². The molecule has 44 heavy (non-hydrogen) atoms. The summed E-state index contributed by atoms with van der Waals surface area (Å²) in [5.74, 6) is -3.19. The Morgan fingerprint density at radius 1 is 0.409 bits per heavy atom. The maximum atomic E-state index is 14.4. The highest BCUT2D eigenvalue weighted by molar-refractivity contribution is 6.31. The molecule has 0 bridgehead atoms. The van der Waals surface area contributed by atoms with E-state index in [-0.39, 0.29) is 11.8 Å². The van der Waals surface area contributed by atoms with E-state index in [1.165, 1.54) is 9.80 Å². The van der Waals surface area contributed by atoms with Crippen molar-refractivity contribution in [3.8, 4) is 0 Å². The lowest BCUT2D eigenvalue weighted by Gasteiger charge is -2.35. The van der Waals surface area contributed by atoms with Crippen molar-refractivity contribution in [1.29, 1.82) is 0 Å². The maximum absolute atomic E-state index is 14.4. The van der Waals surface area contributed by atoms with Crippen LogP contribution < -0.4 is 9.80 Å². The smallest absolute Gasteiger partial charge is 0.253 e. The molecule has 0 aliphatic carbocycles. The molecule has 4 saturated heterocycles. The lowest BCUT2D eigenvalue weighted by Crippen LogP contribution is -2.50. The van der Waals surface area contributed by atoms with Gasteiger partial charge in [-0.3, -0.25) is 19.2 Å². The van der Waals surface area contributed by atoms with Gasteiger partial charge in [0.05, 0.1) is 35.3 Å². The normalized spacial score (nSPS) is 28.1. The zero-order chi connectivity index (χ0) is 30.3. The second kappa shape index (κ2) is 10.1. The molecule has 0 saturated carbocycles. The van der Waals surface area contributed by atoms with Gasteiger partial charge in [0.1, 0.15) is 12.1 Å².